The van der Waals surface area contributed by atoms with Crippen LogP contribution in [0.15, 0.2) is 18.2 Å². The van der Waals surface area contributed by atoms with Gasteiger partial charge in [0.25, 0.3) is 0 Å². The summed E-state index contributed by atoms with van der Waals surface area (Å²) in [5, 5.41) is 4.64. The molecule has 2 heteroatoms. The molecule has 1 saturated carbocycles. The van der Waals surface area contributed by atoms with Gasteiger partial charge in [0.05, 0.1) is 0 Å². The topological polar surface area (TPSA) is 12.0 Å². The van der Waals surface area contributed by atoms with E-state index in [0.29, 0.717) is 6.04 Å². The molecule has 2 rings (SSSR count). The quantitative estimate of drug-likeness (QED) is 0.741. The lowest BCUT2D eigenvalue weighted by atomic mass is 9.86. The standard InChI is InChI=1S/C17H26ClN/c1-3-19-17(14-10-6-4-5-7-11-14)15-12-8-9-13(2)16(15)18/h8-9,12,14,17,19H,3-7,10-11H2,1-2H3. The van der Waals surface area contributed by atoms with Crippen molar-refractivity contribution in [3.05, 3.63) is 34.3 Å². The Balaban J connectivity index is 2.25. The van der Waals surface area contributed by atoms with E-state index in [1.165, 1.54) is 49.7 Å². The Kier molecular flexibility index (Phi) is 5.72. The first-order valence-corrected chi connectivity index (χ1v) is 8.10. The van der Waals surface area contributed by atoms with E-state index in [1.807, 2.05) is 0 Å². The van der Waals surface area contributed by atoms with Crippen molar-refractivity contribution in [3.8, 4) is 0 Å². The molecule has 19 heavy (non-hydrogen) atoms. The molecule has 1 aromatic carbocycles. The molecule has 1 atom stereocenters. The first kappa shape index (κ1) is 14.9. The highest BCUT2D eigenvalue weighted by atomic mass is 35.5. The molecule has 1 N–H and O–H groups in total. The number of nitrogens with one attached hydrogen (secondary N) is 1. The third-order valence-corrected chi connectivity index (χ3v) is 4.87. The van der Waals surface area contributed by atoms with Gasteiger partial charge in [-0.3, -0.25) is 0 Å². The van der Waals surface area contributed by atoms with Crippen LogP contribution < -0.4 is 5.32 Å². The Morgan fingerprint density at radius 1 is 1.21 bits per heavy atom. The molecule has 0 radical (unpaired) electrons. The van der Waals surface area contributed by atoms with Crippen LogP contribution in [0.4, 0.5) is 0 Å². The van der Waals surface area contributed by atoms with Gasteiger partial charge < -0.3 is 5.32 Å². The van der Waals surface area contributed by atoms with E-state index >= 15 is 0 Å². The summed E-state index contributed by atoms with van der Waals surface area (Å²) in [5.41, 5.74) is 2.49. The molecule has 0 aliphatic heterocycles. The Morgan fingerprint density at radius 3 is 2.53 bits per heavy atom. The van der Waals surface area contributed by atoms with Crippen LogP contribution in [0.1, 0.15) is 62.6 Å². The minimum Gasteiger partial charge on any atom is -0.310 e. The highest BCUT2D eigenvalue weighted by Gasteiger charge is 2.25. The van der Waals surface area contributed by atoms with Crippen LogP contribution >= 0.6 is 11.6 Å². The molecule has 1 aliphatic carbocycles. The van der Waals surface area contributed by atoms with Gasteiger partial charge in [0.15, 0.2) is 0 Å². The fourth-order valence-electron chi connectivity index (χ4n) is 3.31. The average molecular weight is 280 g/mol. The number of halogens is 1. The zero-order chi connectivity index (χ0) is 13.7. The van der Waals surface area contributed by atoms with Crippen molar-refractivity contribution in [1.82, 2.24) is 5.32 Å². The summed E-state index contributed by atoms with van der Waals surface area (Å²) in [5.74, 6) is 0.738. The van der Waals surface area contributed by atoms with Crippen molar-refractivity contribution in [2.75, 3.05) is 6.54 Å². The molecule has 106 valence electrons. The first-order valence-electron chi connectivity index (χ1n) is 7.72. The summed E-state index contributed by atoms with van der Waals surface area (Å²) >= 11 is 6.54. The molecule has 0 aromatic heterocycles. The van der Waals surface area contributed by atoms with E-state index in [9.17, 15) is 0 Å². The van der Waals surface area contributed by atoms with E-state index in [1.54, 1.807) is 0 Å². The van der Waals surface area contributed by atoms with Gasteiger partial charge in [-0.2, -0.15) is 0 Å². The number of benzene rings is 1. The van der Waals surface area contributed by atoms with Crippen LogP contribution in [-0.2, 0) is 0 Å². The predicted molar refractivity (Wildman–Crippen MR) is 83.8 cm³/mol. The van der Waals surface area contributed by atoms with E-state index in [-0.39, 0.29) is 0 Å². The lowest BCUT2D eigenvalue weighted by molar-refractivity contribution is 0.330. The van der Waals surface area contributed by atoms with Crippen molar-refractivity contribution in [1.29, 1.82) is 0 Å². The van der Waals surface area contributed by atoms with Crippen LogP contribution in [0.5, 0.6) is 0 Å². The molecule has 1 nitrogen and oxygen atoms in total. The van der Waals surface area contributed by atoms with E-state index < -0.39 is 0 Å². The van der Waals surface area contributed by atoms with Gasteiger partial charge in [-0.25, -0.2) is 0 Å². The van der Waals surface area contributed by atoms with E-state index in [4.69, 9.17) is 11.6 Å². The zero-order valence-electron chi connectivity index (χ0n) is 12.2. The Morgan fingerprint density at radius 2 is 1.89 bits per heavy atom. The minimum atomic E-state index is 0.426. The third kappa shape index (κ3) is 3.73. The second kappa shape index (κ2) is 7.31. The predicted octanol–water partition coefficient (Wildman–Crippen LogP) is 5.27. The summed E-state index contributed by atoms with van der Waals surface area (Å²) in [6.07, 6.45) is 8.21. The van der Waals surface area contributed by atoms with Crippen LogP contribution in [0.25, 0.3) is 0 Å². The molecule has 0 saturated heterocycles. The summed E-state index contributed by atoms with van der Waals surface area (Å²) in [6.45, 7) is 5.29. The van der Waals surface area contributed by atoms with Gasteiger partial charge >= 0.3 is 0 Å². The Bertz CT molecular complexity index is 394. The Labute approximate surface area is 122 Å². The van der Waals surface area contributed by atoms with Gasteiger partial charge in [-0.15, -0.1) is 0 Å². The summed E-state index contributed by atoms with van der Waals surface area (Å²) in [6, 6.07) is 6.86. The number of aryl methyl sites for hydroxylation is 1. The van der Waals surface area contributed by atoms with E-state index in [2.05, 4.69) is 37.4 Å². The minimum absolute atomic E-state index is 0.426. The molecule has 1 aliphatic rings. The maximum Gasteiger partial charge on any atom is 0.0483 e. The van der Waals surface area contributed by atoms with Crippen molar-refractivity contribution < 1.29 is 0 Å². The van der Waals surface area contributed by atoms with Crippen molar-refractivity contribution in [3.63, 3.8) is 0 Å². The SMILES string of the molecule is CCNC(c1cccc(C)c1Cl)C1CCCCCC1. The van der Waals surface area contributed by atoms with Crippen LogP contribution in [-0.4, -0.2) is 6.54 Å². The summed E-state index contributed by atoms with van der Waals surface area (Å²) in [7, 11) is 0. The van der Waals surface area contributed by atoms with Crippen molar-refractivity contribution >= 4 is 11.6 Å². The number of hydrogen-bond acceptors (Lipinski definition) is 1. The van der Waals surface area contributed by atoms with Crippen molar-refractivity contribution in [2.45, 2.75) is 58.4 Å². The molecule has 0 spiro atoms. The van der Waals surface area contributed by atoms with Gasteiger partial charge in [0.1, 0.15) is 0 Å². The van der Waals surface area contributed by atoms with Gasteiger partial charge in [0.2, 0.25) is 0 Å². The molecule has 0 heterocycles. The fourth-order valence-corrected chi connectivity index (χ4v) is 3.55. The second-order valence-corrected chi connectivity index (χ2v) is 6.14. The maximum atomic E-state index is 6.54. The maximum absolute atomic E-state index is 6.54. The van der Waals surface area contributed by atoms with E-state index in [0.717, 1.165) is 17.5 Å². The lowest BCUT2D eigenvalue weighted by Crippen LogP contribution is -2.28. The lowest BCUT2D eigenvalue weighted by Gasteiger charge is -2.28. The molecule has 1 aromatic rings. The van der Waals surface area contributed by atoms with Crippen LogP contribution in [0, 0.1) is 12.8 Å². The average Bonchev–Trinajstić information content (AvgIpc) is 2.68. The third-order valence-electron chi connectivity index (χ3n) is 4.35. The molecular formula is C17H26ClN. The highest BCUT2D eigenvalue weighted by Crippen LogP contribution is 2.37. The van der Waals surface area contributed by atoms with Crippen molar-refractivity contribution in [2.24, 2.45) is 5.92 Å². The van der Waals surface area contributed by atoms with Crippen LogP contribution in [0.2, 0.25) is 5.02 Å². The molecule has 0 amide bonds. The number of hydrogen-bond donors (Lipinski definition) is 1. The molecule has 1 fully saturated rings. The largest absolute Gasteiger partial charge is 0.310 e. The monoisotopic (exact) mass is 279 g/mol. The molecule has 0 bridgehead atoms. The highest BCUT2D eigenvalue weighted by molar-refractivity contribution is 6.32. The molecular weight excluding hydrogens is 254 g/mol. The fraction of sp³-hybridized carbons (Fsp3) is 0.647. The Hall–Kier alpha value is -0.530. The summed E-state index contributed by atoms with van der Waals surface area (Å²) < 4.78 is 0. The smallest absolute Gasteiger partial charge is 0.0483 e. The second-order valence-electron chi connectivity index (χ2n) is 5.77. The molecule has 1 unspecified atom stereocenters. The van der Waals surface area contributed by atoms with Gasteiger partial charge in [0, 0.05) is 11.1 Å². The zero-order valence-corrected chi connectivity index (χ0v) is 13.0. The first-order chi connectivity index (χ1) is 9.24. The number of rotatable bonds is 4. The van der Waals surface area contributed by atoms with Crippen LogP contribution in [0.3, 0.4) is 0 Å². The summed E-state index contributed by atoms with van der Waals surface area (Å²) in [4.78, 5) is 0. The van der Waals surface area contributed by atoms with Gasteiger partial charge in [-0.05, 0) is 43.4 Å². The van der Waals surface area contributed by atoms with Gasteiger partial charge in [-0.1, -0.05) is 62.4 Å². The normalized spacial score (nSPS) is 19.1.